The lowest BCUT2D eigenvalue weighted by Crippen LogP contribution is -2.24. The van der Waals surface area contributed by atoms with E-state index in [2.05, 4.69) is 0 Å². The summed E-state index contributed by atoms with van der Waals surface area (Å²) in [5.41, 5.74) is -1.13. The molecule has 1 atom stereocenters. The molecule has 1 unspecified atom stereocenters. The summed E-state index contributed by atoms with van der Waals surface area (Å²) >= 11 is 0. The lowest BCUT2D eigenvalue weighted by molar-refractivity contribution is -0.142. The number of hydrogen-bond acceptors (Lipinski definition) is 3. The van der Waals surface area contributed by atoms with Crippen LogP contribution in [-0.4, -0.2) is 16.2 Å². The SMILES string of the molecule is CC(O)(CC(=O)O)c1ccc(Oc2ccc(F)cc2F)cc1. The van der Waals surface area contributed by atoms with Crippen molar-refractivity contribution < 1.29 is 28.5 Å². The molecule has 0 aliphatic rings. The van der Waals surface area contributed by atoms with Gasteiger partial charge in [-0.3, -0.25) is 4.79 Å². The third-order valence-corrected chi connectivity index (χ3v) is 3.09. The van der Waals surface area contributed by atoms with Crippen molar-refractivity contribution in [3.63, 3.8) is 0 Å². The van der Waals surface area contributed by atoms with Gasteiger partial charge in [0.1, 0.15) is 11.6 Å². The summed E-state index contributed by atoms with van der Waals surface area (Å²) in [4.78, 5) is 10.7. The number of carboxylic acid groups (broad SMARTS) is 1. The van der Waals surface area contributed by atoms with Crippen LogP contribution in [0.3, 0.4) is 0 Å². The quantitative estimate of drug-likeness (QED) is 0.888. The van der Waals surface area contributed by atoms with Crippen molar-refractivity contribution >= 4 is 5.97 Å². The first kappa shape index (κ1) is 15.9. The second kappa shape index (κ2) is 6.11. The molecule has 6 heteroatoms. The minimum absolute atomic E-state index is 0.133. The van der Waals surface area contributed by atoms with Gasteiger partial charge in [-0.2, -0.15) is 0 Å². The first-order chi connectivity index (χ1) is 10.3. The van der Waals surface area contributed by atoms with Crippen molar-refractivity contribution in [3.8, 4) is 11.5 Å². The summed E-state index contributed by atoms with van der Waals surface area (Å²) in [6.07, 6.45) is -0.445. The number of halogens is 2. The summed E-state index contributed by atoms with van der Waals surface area (Å²) in [6.45, 7) is 1.39. The van der Waals surface area contributed by atoms with E-state index in [1.165, 1.54) is 37.3 Å². The van der Waals surface area contributed by atoms with Gasteiger partial charge in [-0.25, -0.2) is 8.78 Å². The summed E-state index contributed by atoms with van der Waals surface area (Å²) < 4.78 is 31.6. The van der Waals surface area contributed by atoms with Crippen LogP contribution in [0.4, 0.5) is 8.78 Å². The van der Waals surface area contributed by atoms with Crippen LogP contribution in [0.5, 0.6) is 11.5 Å². The van der Waals surface area contributed by atoms with Crippen molar-refractivity contribution in [2.45, 2.75) is 18.9 Å². The number of ether oxygens (including phenoxy) is 1. The molecule has 0 amide bonds. The lowest BCUT2D eigenvalue weighted by atomic mass is 9.93. The standard InChI is InChI=1S/C16H14F2O4/c1-16(21,9-15(19)20)10-2-5-12(6-3-10)22-14-7-4-11(17)8-13(14)18/h2-8,21H,9H2,1H3,(H,19,20). The number of aliphatic carboxylic acids is 1. The maximum Gasteiger partial charge on any atom is 0.306 e. The van der Waals surface area contributed by atoms with E-state index in [1.54, 1.807) is 0 Å². The highest BCUT2D eigenvalue weighted by Crippen LogP contribution is 2.29. The van der Waals surface area contributed by atoms with Gasteiger partial charge in [-0.05, 0) is 36.8 Å². The molecule has 2 aromatic rings. The van der Waals surface area contributed by atoms with Crippen molar-refractivity contribution in [3.05, 3.63) is 59.7 Å². The summed E-state index contributed by atoms with van der Waals surface area (Å²) in [5, 5.41) is 18.8. The zero-order chi connectivity index (χ0) is 16.3. The van der Waals surface area contributed by atoms with Crippen molar-refractivity contribution in [2.75, 3.05) is 0 Å². The molecule has 0 aromatic heterocycles. The predicted molar refractivity (Wildman–Crippen MR) is 74.7 cm³/mol. The summed E-state index contributed by atoms with van der Waals surface area (Å²) in [7, 11) is 0. The lowest BCUT2D eigenvalue weighted by Gasteiger charge is -2.21. The van der Waals surface area contributed by atoms with Crippen LogP contribution in [0.15, 0.2) is 42.5 Å². The molecular formula is C16H14F2O4. The number of carboxylic acids is 1. The molecule has 4 nitrogen and oxygen atoms in total. The van der Waals surface area contributed by atoms with E-state index in [-0.39, 0.29) is 11.5 Å². The van der Waals surface area contributed by atoms with E-state index >= 15 is 0 Å². The number of rotatable bonds is 5. The topological polar surface area (TPSA) is 66.8 Å². The number of hydrogen-bond donors (Lipinski definition) is 2. The number of aliphatic hydroxyl groups is 1. The second-order valence-electron chi connectivity index (χ2n) is 5.05. The van der Waals surface area contributed by atoms with Gasteiger partial charge in [0.05, 0.1) is 12.0 Å². The summed E-state index contributed by atoms with van der Waals surface area (Å²) in [5.74, 6) is -2.52. The van der Waals surface area contributed by atoms with Gasteiger partial charge in [-0.15, -0.1) is 0 Å². The fraction of sp³-hybridized carbons (Fsp3) is 0.188. The van der Waals surface area contributed by atoms with Crippen LogP contribution in [0.2, 0.25) is 0 Å². The maximum absolute atomic E-state index is 13.5. The minimum Gasteiger partial charge on any atom is -0.481 e. The molecule has 2 aromatic carbocycles. The van der Waals surface area contributed by atoms with Crippen LogP contribution < -0.4 is 4.74 Å². The Morgan fingerprint density at radius 2 is 1.82 bits per heavy atom. The molecule has 0 saturated carbocycles. The van der Waals surface area contributed by atoms with Gasteiger partial charge >= 0.3 is 5.97 Å². The van der Waals surface area contributed by atoms with E-state index in [0.717, 1.165) is 6.07 Å². The van der Waals surface area contributed by atoms with Crippen LogP contribution >= 0.6 is 0 Å². The Hall–Kier alpha value is -2.47. The molecule has 0 radical (unpaired) electrons. The Labute approximate surface area is 125 Å². The monoisotopic (exact) mass is 308 g/mol. The Morgan fingerprint density at radius 3 is 2.36 bits per heavy atom. The number of carbonyl (C=O) groups is 1. The van der Waals surface area contributed by atoms with Crippen molar-refractivity contribution in [2.24, 2.45) is 0 Å². The average molecular weight is 308 g/mol. The highest BCUT2D eigenvalue weighted by atomic mass is 19.1. The Morgan fingerprint density at radius 1 is 1.18 bits per heavy atom. The highest BCUT2D eigenvalue weighted by Gasteiger charge is 2.26. The predicted octanol–water partition coefficient (Wildman–Crippen LogP) is 3.44. The third-order valence-electron chi connectivity index (χ3n) is 3.09. The van der Waals surface area contributed by atoms with E-state index < -0.39 is 29.6 Å². The van der Waals surface area contributed by atoms with Crippen LogP contribution in [0, 0.1) is 11.6 Å². The zero-order valence-corrected chi connectivity index (χ0v) is 11.7. The molecule has 116 valence electrons. The van der Waals surface area contributed by atoms with Crippen LogP contribution in [0.25, 0.3) is 0 Å². The molecule has 22 heavy (non-hydrogen) atoms. The Balaban J connectivity index is 2.17. The van der Waals surface area contributed by atoms with Gasteiger partial charge in [0.25, 0.3) is 0 Å². The molecule has 2 rings (SSSR count). The number of benzene rings is 2. The van der Waals surface area contributed by atoms with E-state index in [1.807, 2.05) is 0 Å². The van der Waals surface area contributed by atoms with E-state index in [4.69, 9.17) is 9.84 Å². The normalized spacial score (nSPS) is 13.5. The van der Waals surface area contributed by atoms with Crippen LogP contribution in [0.1, 0.15) is 18.9 Å². The maximum atomic E-state index is 13.5. The fourth-order valence-electron chi connectivity index (χ4n) is 1.96. The minimum atomic E-state index is -1.52. The third kappa shape index (κ3) is 3.79. The smallest absolute Gasteiger partial charge is 0.306 e. The molecular weight excluding hydrogens is 294 g/mol. The van der Waals surface area contributed by atoms with Gasteiger partial charge in [0.2, 0.25) is 0 Å². The first-order valence-corrected chi connectivity index (χ1v) is 6.45. The van der Waals surface area contributed by atoms with Gasteiger partial charge in [-0.1, -0.05) is 12.1 Å². The Kier molecular flexibility index (Phi) is 4.42. The van der Waals surface area contributed by atoms with Crippen molar-refractivity contribution in [1.82, 2.24) is 0 Å². The Bertz CT molecular complexity index is 681. The fourth-order valence-corrected chi connectivity index (χ4v) is 1.96. The summed E-state index contributed by atoms with van der Waals surface area (Å²) in [6, 6.07) is 8.85. The second-order valence-corrected chi connectivity index (χ2v) is 5.05. The molecule has 0 fully saturated rings. The molecule has 0 heterocycles. The van der Waals surface area contributed by atoms with Gasteiger partial charge in [0.15, 0.2) is 11.6 Å². The van der Waals surface area contributed by atoms with Gasteiger partial charge < -0.3 is 14.9 Å². The molecule has 0 aliphatic carbocycles. The molecule has 0 spiro atoms. The largest absolute Gasteiger partial charge is 0.481 e. The van der Waals surface area contributed by atoms with Crippen molar-refractivity contribution in [1.29, 1.82) is 0 Å². The zero-order valence-electron chi connectivity index (χ0n) is 11.7. The molecule has 0 bridgehead atoms. The molecule has 0 saturated heterocycles. The van der Waals surface area contributed by atoms with Gasteiger partial charge in [0, 0.05) is 6.07 Å². The highest BCUT2D eigenvalue weighted by molar-refractivity contribution is 5.68. The van der Waals surface area contributed by atoms with E-state index in [9.17, 15) is 18.7 Å². The molecule has 0 aliphatic heterocycles. The van der Waals surface area contributed by atoms with E-state index in [0.29, 0.717) is 11.6 Å². The molecule has 2 N–H and O–H groups in total. The first-order valence-electron chi connectivity index (χ1n) is 6.45. The van der Waals surface area contributed by atoms with Crippen LogP contribution in [-0.2, 0) is 10.4 Å². The average Bonchev–Trinajstić information content (AvgIpc) is 2.41.